The second-order valence-electron chi connectivity index (χ2n) is 3.85. The number of ether oxygens (including phenoxy) is 1. The maximum absolute atomic E-state index is 11.6. The largest absolute Gasteiger partial charge is 0.467 e. The summed E-state index contributed by atoms with van der Waals surface area (Å²) in [7, 11) is 0. The Kier molecular flexibility index (Phi) is 4.12. The van der Waals surface area contributed by atoms with E-state index in [1.165, 1.54) is 6.20 Å². The molecule has 0 aliphatic rings. The van der Waals surface area contributed by atoms with Gasteiger partial charge in [0.1, 0.15) is 5.76 Å². The fourth-order valence-corrected chi connectivity index (χ4v) is 1.54. The van der Waals surface area contributed by atoms with Gasteiger partial charge in [0.05, 0.1) is 30.7 Å². The highest BCUT2D eigenvalue weighted by Gasteiger charge is 2.12. The minimum Gasteiger partial charge on any atom is -0.467 e. The maximum atomic E-state index is 11.6. The first-order valence-electron chi connectivity index (χ1n) is 5.97. The van der Waals surface area contributed by atoms with Crippen LogP contribution in [0.5, 0.6) is 0 Å². The molecule has 0 atom stereocenters. The average molecular weight is 261 g/mol. The molecular weight excluding hydrogens is 246 g/mol. The summed E-state index contributed by atoms with van der Waals surface area (Å²) in [6, 6.07) is 3.67. The van der Waals surface area contributed by atoms with Gasteiger partial charge in [0.2, 0.25) is 5.95 Å². The van der Waals surface area contributed by atoms with Crippen molar-refractivity contribution in [2.24, 2.45) is 0 Å². The number of nitrogens with zero attached hydrogens (tertiary/aromatic N) is 2. The Balaban J connectivity index is 2.04. The lowest BCUT2D eigenvalue weighted by molar-refractivity contribution is 0.0524. The van der Waals surface area contributed by atoms with Crippen molar-refractivity contribution in [3.05, 3.63) is 41.6 Å². The summed E-state index contributed by atoms with van der Waals surface area (Å²) in [6.45, 7) is 4.32. The van der Waals surface area contributed by atoms with E-state index in [4.69, 9.17) is 9.15 Å². The zero-order chi connectivity index (χ0) is 13.7. The maximum Gasteiger partial charge on any atom is 0.341 e. The number of esters is 1. The molecule has 1 N–H and O–H groups in total. The third-order valence-electron chi connectivity index (χ3n) is 2.48. The van der Waals surface area contributed by atoms with Crippen LogP contribution in [0.15, 0.2) is 29.0 Å². The molecule has 100 valence electrons. The molecule has 0 spiro atoms. The van der Waals surface area contributed by atoms with Gasteiger partial charge < -0.3 is 14.5 Å². The quantitative estimate of drug-likeness (QED) is 0.831. The second kappa shape index (κ2) is 5.99. The minimum atomic E-state index is -0.405. The van der Waals surface area contributed by atoms with Crippen molar-refractivity contribution in [1.82, 2.24) is 9.97 Å². The van der Waals surface area contributed by atoms with Gasteiger partial charge in [0.25, 0.3) is 0 Å². The zero-order valence-electron chi connectivity index (χ0n) is 10.8. The number of aromatic nitrogens is 2. The first kappa shape index (κ1) is 13.1. The fourth-order valence-electron chi connectivity index (χ4n) is 1.54. The monoisotopic (exact) mass is 261 g/mol. The van der Waals surface area contributed by atoms with Crippen LogP contribution in [0.25, 0.3) is 0 Å². The number of carbonyl (C=O) groups is 1. The summed E-state index contributed by atoms with van der Waals surface area (Å²) in [5.74, 6) is 0.829. The van der Waals surface area contributed by atoms with E-state index in [0.717, 1.165) is 5.76 Å². The van der Waals surface area contributed by atoms with E-state index in [-0.39, 0.29) is 0 Å². The molecule has 2 rings (SSSR count). The van der Waals surface area contributed by atoms with Gasteiger partial charge in [0.15, 0.2) is 0 Å². The average Bonchev–Trinajstić information content (AvgIpc) is 2.89. The van der Waals surface area contributed by atoms with Crippen LogP contribution >= 0.6 is 0 Å². The van der Waals surface area contributed by atoms with Crippen molar-refractivity contribution < 1.29 is 13.9 Å². The number of rotatable bonds is 5. The van der Waals surface area contributed by atoms with Crippen LogP contribution in [0.3, 0.4) is 0 Å². The summed E-state index contributed by atoms with van der Waals surface area (Å²) in [5, 5.41) is 3.02. The van der Waals surface area contributed by atoms with E-state index in [0.29, 0.717) is 30.4 Å². The third kappa shape index (κ3) is 3.31. The van der Waals surface area contributed by atoms with Crippen LogP contribution < -0.4 is 5.32 Å². The minimum absolute atomic E-state index is 0.330. The Bertz CT molecular complexity index is 552. The predicted molar refractivity (Wildman–Crippen MR) is 68.8 cm³/mol. The van der Waals surface area contributed by atoms with E-state index in [2.05, 4.69) is 15.3 Å². The van der Waals surface area contributed by atoms with Gasteiger partial charge in [-0.25, -0.2) is 14.8 Å². The van der Waals surface area contributed by atoms with Crippen molar-refractivity contribution >= 4 is 11.9 Å². The molecule has 0 radical (unpaired) electrons. The summed E-state index contributed by atoms with van der Waals surface area (Å²) in [5.41, 5.74) is 0.959. The van der Waals surface area contributed by atoms with E-state index < -0.39 is 5.97 Å². The molecule has 0 aliphatic heterocycles. The van der Waals surface area contributed by atoms with E-state index in [1.54, 1.807) is 20.1 Å². The molecule has 2 aromatic heterocycles. The van der Waals surface area contributed by atoms with Crippen molar-refractivity contribution in [3.8, 4) is 0 Å². The van der Waals surface area contributed by atoms with Crippen molar-refractivity contribution in [2.45, 2.75) is 20.4 Å². The van der Waals surface area contributed by atoms with Gasteiger partial charge in [-0.1, -0.05) is 0 Å². The lowest BCUT2D eigenvalue weighted by Gasteiger charge is -2.07. The fraction of sp³-hybridized carbons (Fsp3) is 0.308. The van der Waals surface area contributed by atoms with E-state index in [9.17, 15) is 4.79 Å². The highest BCUT2D eigenvalue weighted by atomic mass is 16.5. The molecule has 6 heteroatoms. The standard InChI is InChI=1S/C13H15N3O3/c1-3-18-12(17)11-8-15-13(16-9(11)2)14-7-10-5-4-6-19-10/h4-6,8H,3,7H2,1-2H3,(H,14,15,16). The Morgan fingerprint density at radius 1 is 1.53 bits per heavy atom. The van der Waals surface area contributed by atoms with Crippen LogP contribution in [0.1, 0.15) is 28.7 Å². The SMILES string of the molecule is CCOC(=O)c1cnc(NCc2ccco2)nc1C. The highest BCUT2D eigenvalue weighted by Crippen LogP contribution is 2.10. The van der Waals surface area contributed by atoms with Gasteiger partial charge in [-0.2, -0.15) is 0 Å². The molecule has 19 heavy (non-hydrogen) atoms. The van der Waals surface area contributed by atoms with Crippen LogP contribution in [-0.4, -0.2) is 22.5 Å². The lowest BCUT2D eigenvalue weighted by Crippen LogP contribution is -2.11. The van der Waals surface area contributed by atoms with E-state index >= 15 is 0 Å². The first-order chi connectivity index (χ1) is 9.20. The van der Waals surface area contributed by atoms with Gasteiger partial charge in [-0.15, -0.1) is 0 Å². The molecule has 0 unspecified atom stereocenters. The number of aryl methyl sites for hydroxylation is 1. The Morgan fingerprint density at radius 2 is 2.37 bits per heavy atom. The topological polar surface area (TPSA) is 77.2 Å². The Hall–Kier alpha value is -2.37. The normalized spacial score (nSPS) is 10.2. The Labute approximate surface area is 110 Å². The molecule has 2 heterocycles. The number of furan rings is 1. The summed E-state index contributed by atoms with van der Waals surface area (Å²) < 4.78 is 10.1. The molecule has 0 bridgehead atoms. The summed E-state index contributed by atoms with van der Waals surface area (Å²) in [6.07, 6.45) is 3.07. The molecule has 0 saturated carbocycles. The first-order valence-corrected chi connectivity index (χ1v) is 5.97. The molecule has 0 amide bonds. The van der Waals surface area contributed by atoms with Crippen LogP contribution in [0.2, 0.25) is 0 Å². The predicted octanol–water partition coefficient (Wildman–Crippen LogP) is 2.17. The van der Waals surface area contributed by atoms with Gasteiger partial charge in [-0.05, 0) is 26.0 Å². The zero-order valence-corrected chi connectivity index (χ0v) is 10.8. The number of carbonyl (C=O) groups excluding carboxylic acids is 1. The lowest BCUT2D eigenvalue weighted by atomic mass is 10.2. The summed E-state index contributed by atoms with van der Waals surface area (Å²) in [4.78, 5) is 19.9. The number of nitrogens with one attached hydrogen (secondary N) is 1. The van der Waals surface area contributed by atoms with Gasteiger partial charge in [-0.3, -0.25) is 0 Å². The van der Waals surface area contributed by atoms with Gasteiger partial charge >= 0.3 is 5.97 Å². The molecule has 0 saturated heterocycles. The summed E-state index contributed by atoms with van der Waals surface area (Å²) >= 11 is 0. The smallest absolute Gasteiger partial charge is 0.341 e. The van der Waals surface area contributed by atoms with E-state index in [1.807, 2.05) is 12.1 Å². The van der Waals surface area contributed by atoms with Gasteiger partial charge in [0, 0.05) is 6.20 Å². The van der Waals surface area contributed by atoms with Crippen LogP contribution in [0.4, 0.5) is 5.95 Å². The Morgan fingerprint density at radius 3 is 3.00 bits per heavy atom. The van der Waals surface area contributed by atoms with Crippen molar-refractivity contribution in [1.29, 1.82) is 0 Å². The van der Waals surface area contributed by atoms with Crippen molar-refractivity contribution in [3.63, 3.8) is 0 Å². The highest BCUT2D eigenvalue weighted by molar-refractivity contribution is 5.90. The van der Waals surface area contributed by atoms with Crippen LogP contribution in [-0.2, 0) is 11.3 Å². The second-order valence-corrected chi connectivity index (χ2v) is 3.85. The molecule has 6 nitrogen and oxygen atoms in total. The van der Waals surface area contributed by atoms with Crippen LogP contribution in [0, 0.1) is 6.92 Å². The number of anilines is 1. The van der Waals surface area contributed by atoms with Crippen molar-refractivity contribution in [2.75, 3.05) is 11.9 Å². The molecule has 0 fully saturated rings. The molecule has 2 aromatic rings. The number of hydrogen-bond donors (Lipinski definition) is 1. The molecule has 0 aliphatic carbocycles. The third-order valence-corrected chi connectivity index (χ3v) is 2.48. The molecular formula is C13H15N3O3. The molecule has 0 aromatic carbocycles. The number of hydrogen-bond acceptors (Lipinski definition) is 6.